The van der Waals surface area contributed by atoms with Gasteiger partial charge in [-0.3, -0.25) is 4.79 Å². The number of rotatable bonds is 2. The molecule has 0 unspecified atom stereocenters. The summed E-state index contributed by atoms with van der Waals surface area (Å²) < 4.78 is 0. The van der Waals surface area contributed by atoms with E-state index in [0.717, 1.165) is 27.0 Å². The fraction of sp³-hybridized carbons (Fsp3) is 0.130. The van der Waals surface area contributed by atoms with Crippen LogP contribution in [0, 0.1) is 32.6 Å². The molecule has 1 aromatic carbocycles. The molecule has 1 N–H and O–H groups in total. The Labute approximate surface area is 172 Å². The topological polar surface area (TPSA) is 67.8 Å². The van der Waals surface area contributed by atoms with Crippen LogP contribution in [0.15, 0.2) is 48.7 Å². The number of carbonyl (C=O) groups excluding carboxylic acids is 1. The van der Waals surface area contributed by atoms with E-state index >= 15 is 0 Å². The molecule has 4 rings (SSSR count). The minimum Gasteiger partial charge on any atom is -0.321 e. The molecule has 1 amide bonds. The lowest BCUT2D eigenvalue weighted by atomic mass is 10.1. The minimum absolute atomic E-state index is 0.155. The standard InChI is InChI=1S/C23H18N4OS/c1-14-20-15(2)25-16(3)26-23(20)29-21(14)22(28)27-19-9-6-7-17(13-19)10-11-18-8-4-5-12-24-18/h4-9,12-13H,1-3H3,(H,27,28). The summed E-state index contributed by atoms with van der Waals surface area (Å²) in [6, 6.07) is 13.1. The third-order valence-corrected chi connectivity index (χ3v) is 5.59. The lowest BCUT2D eigenvalue weighted by Gasteiger charge is -2.05. The maximum atomic E-state index is 12.9. The van der Waals surface area contributed by atoms with E-state index in [9.17, 15) is 4.79 Å². The highest BCUT2D eigenvalue weighted by atomic mass is 32.1. The van der Waals surface area contributed by atoms with Gasteiger partial charge in [-0.15, -0.1) is 11.3 Å². The van der Waals surface area contributed by atoms with Gasteiger partial charge in [0.2, 0.25) is 0 Å². The first-order valence-electron chi connectivity index (χ1n) is 9.10. The normalized spacial score (nSPS) is 10.4. The lowest BCUT2D eigenvalue weighted by Crippen LogP contribution is -2.11. The largest absolute Gasteiger partial charge is 0.321 e. The Balaban J connectivity index is 1.60. The average Bonchev–Trinajstić information content (AvgIpc) is 3.04. The quantitative estimate of drug-likeness (QED) is 0.499. The van der Waals surface area contributed by atoms with Crippen molar-refractivity contribution in [3.05, 3.63) is 81.9 Å². The summed E-state index contributed by atoms with van der Waals surface area (Å²) >= 11 is 1.39. The molecule has 4 aromatic rings. The molecule has 0 aliphatic heterocycles. The molecule has 3 heterocycles. The third-order valence-electron chi connectivity index (χ3n) is 4.41. The molecule has 0 radical (unpaired) electrons. The molecule has 3 aromatic heterocycles. The zero-order chi connectivity index (χ0) is 20.4. The second-order valence-corrected chi connectivity index (χ2v) is 7.59. The van der Waals surface area contributed by atoms with Crippen molar-refractivity contribution in [2.45, 2.75) is 20.8 Å². The second-order valence-electron chi connectivity index (χ2n) is 6.59. The Bertz CT molecular complexity index is 1280. The number of nitrogens with one attached hydrogen (secondary N) is 1. The zero-order valence-corrected chi connectivity index (χ0v) is 17.1. The Kier molecular flexibility index (Phi) is 5.07. The van der Waals surface area contributed by atoms with E-state index in [1.807, 2.05) is 63.2 Å². The number of thiophene rings is 1. The molecule has 29 heavy (non-hydrogen) atoms. The van der Waals surface area contributed by atoms with Crippen LogP contribution in [0.5, 0.6) is 0 Å². The highest BCUT2D eigenvalue weighted by molar-refractivity contribution is 7.20. The lowest BCUT2D eigenvalue weighted by molar-refractivity contribution is 0.103. The number of carbonyl (C=O) groups is 1. The van der Waals surface area contributed by atoms with Crippen molar-refractivity contribution < 1.29 is 4.79 Å². The summed E-state index contributed by atoms with van der Waals surface area (Å²) in [5.41, 5.74) is 4.00. The van der Waals surface area contributed by atoms with Crippen molar-refractivity contribution in [2.75, 3.05) is 5.32 Å². The van der Waals surface area contributed by atoms with Crippen LogP contribution in [-0.2, 0) is 0 Å². The zero-order valence-electron chi connectivity index (χ0n) is 16.3. The van der Waals surface area contributed by atoms with Gasteiger partial charge in [-0.1, -0.05) is 18.1 Å². The number of nitrogens with zero attached hydrogens (tertiary/aromatic N) is 3. The number of amides is 1. The number of benzene rings is 1. The molecular formula is C23H18N4OS. The minimum atomic E-state index is -0.155. The summed E-state index contributed by atoms with van der Waals surface area (Å²) in [5, 5.41) is 3.93. The van der Waals surface area contributed by atoms with Crippen molar-refractivity contribution in [1.82, 2.24) is 15.0 Å². The van der Waals surface area contributed by atoms with Crippen molar-refractivity contribution in [1.29, 1.82) is 0 Å². The first kappa shape index (κ1) is 18.8. The van der Waals surface area contributed by atoms with Gasteiger partial charge >= 0.3 is 0 Å². The van der Waals surface area contributed by atoms with Gasteiger partial charge in [-0.2, -0.15) is 0 Å². The number of fused-ring (bicyclic) bond motifs is 1. The van der Waals surface area contributed by atoms with Gasteiger partial charge in [0.25, 0.3) is 5.91 Å². The van der Waals surface area contributed by atoms with Crippen LogP contribution in [0.25, 0.3) is 10.2 Å². The molecule has 142 valence electrons. The fourth-order valence-electron chi connectivity index (χ4n) is 3.13. The van der Waals surface area contributed by atoms with E-state index in [1.54, 1.807) is 6.20 Å². The summed E-state index contributed by atoms with van der Waals surface area (Å²) in [5.74, 6) is 6.66. The van der Waals surface area contributed by atoms with Crippen LogP contribution in [0.3, 0.4) is 0 Å². The van der Waals surface area contributed by atoms with Gasteiger partial charge < -0.3 is 5.32 Å². The number of hydrogen-bond donors (Lipinski definition) is 1. The molecule has 0 fully saturated rings. The summed E-state index contributed by atoms with van der Waals surface area (Å²) in [4.78, 5) is 27.5. The van der Waals surface area contributed by atoms with Crippen molar-refractivity contribution >= 4 is 33.1 Å². The molecule has 5 nitrogen and oxygen atoms in total. The summed E-state index contributed by atoms with van der Waals surface area (Å²) in [6.07, 6.45) is 1.71. The van der Waals surface area contributed by atoms with Gasteiger partial charge in [-0.25, -0.2) is 15.0 Å². The van der Waals surface area contributed by atoms with Crippen LogP contribution in [0.2, 0.25) is 0 Å². The van der Waals surface area contributed by atoms with Gasteiger partial charge in [0.15, 0.2) is 0 Å². The number of pyridine rings is 1. The molecule has 0 bridgehead atoms. The molecular weight excluding hydrogens is 380 g/mol. The van der Waals surface area contributed by atoms with E-state index in [-0.39, 0.29) is 5.91 Å². The Morgan fingerprint density at radius 1 is 1.03 bits per heavy atom. The number of aryl methyl sites for hydroxylation is 3. The Hall–Kier alpha value is -3.56. The van der Waals surface area contributed by atoms with Crippen LogP contribution in [0.1, 0.15) is 38.0 Å². The Morgan fingerprint density at radius 3 is 2.69 bits per heavy atom. The van der Waals surface area contributed by atoms with Crippen LogP contribution < -0.4 is 5.32 Å². The Morgan fingerprint density at radius 2 is 1.90 bits per heavy atom. The van der Waals surface area contributed by atoms with Gasteiger partial charge in [0.1, 0.15) is 16.3 Å². The van der Waals surface area contributed by atoms with Crippen LogP contribution >= 0.6 is 11.3 Å². The van der Waals surface area contributed by atoms with Crippen LogP contribution in [0.4, 0.5) is 5.69 Å². The molecule has 0 spiro atoms. The highest BCUT2D eigenvalue weighted by Gasteiger charge is 2.18. The maximum absolute atomic E-state index is 12.9. The van der Waals surface area contributed by atoms with E-state index in [0.29, 0.717) is 22.1 Å². The SMILES string of the molecule is Cc1nc(C)c2c(C)c(C(=O)Nc3cccc(C#Cc4ccccn4)c3)sc2n1. The average molecular weight is 398 g/mol. The van der Waals surface area contributed by atoms with E-state index < -0.39 is 0 Å². The molecule has 0 atom stereocenters. The van der Waals surface area contributed by atoms with E-state index in [1.165, 1.54) is 11.3 Å². The number of aromatic nitrogens is 3. The van der Waals surface area contributed by atoms with Gasteiger partial charge in [0, 0.05) is 28.5 Å². The van der Waals surface area contributed by atoms with Gasteiger partial charge in [-0.05, 0) is 62.6 Å². The van der Waals surface area contributed by atoms with E-state index in [4.69, 9.17) is 0 Å². The fourth-order valence-corrected chi connectivity index (χ4v) is 4.30. The summed E-state index contributed by atoms with van der Waals surface area (Å²) in [7, 11) is 0. The molecule has 0 saturated heterocycles. The van der Waals surface area contributed by atoms with Crippen molar-refractivity contribution in [3.63, 3.8) is 0 Å². The molecule has 6 heteroatoms. The first-order chi connectivity index (χ1) is 14.0. The predicted octanol–water partition coefficient (Wildman–Crippen LogP) is 4.66. The molecule has 0 aliphatic rings. The second kappa shape index (κ2) is 7.82. The predicted molar refractivity (Wildman–Crippen MR) is 116 cm³/mol. The monoisotopic (exact) mass is 398 g/mol. The van der Waals surface area contributed by atoms with Crippen LogP contribution in [-0.4, -0.2) is 20.9 Å². The van der Waals surface area contributed by atoms with Crippen molar-refractivity contribution in [2.24, 2.45) is 0 Å². The van der Waals surface area contributed by atoms with Gasteiger partial charge in [0.05, 0.1) is 4.88 Å². The number of hydrogen-bond acceptors (Lipinski definition) is 5. The first-order valence-corrected chi connectivity index (χ1v) is 9.92. The highest BCUT2D eigenvalue weighted by Crippen LogP contribution is 2.31. The third kappa shape index (κ3) is 4.00. The van der Waals surface area contributed by atoms with E-state index in [2.05, 4.69) is 32.1 Å². The molecule has 0 aliphatic carbocycles. The smallest absolute Gasteiger partial charge is 0.266 e. The molecule has 0 saturated carbocycles. The van der Waals surface area contributed by atoms with Crippen molar-refractivity contribution in [3.8, 4) is 11.8 Å². The maximum Gasteiger partial charge on any atom is 0.266 e. The number of anilines is 1. The summed E-state index contributed by atoms with van der Waals surface area (Å²) in [6.45, 7) is 5.75.